The summed E-state index contributed by atoms with van der Waals surface area (Å²) in [5.74, 6) is 0.496. The highest BCUT2D eigenvalue weighted by atomic mass is 35.5. The molecule has 45 heavy (non-hydrogen) atoms. The van der Waals surface area contributed by atoms with Crippen LogP contribution in [-0.4, -0.2) is 63.7 Å². The minimum Gasteiger partial charge on any atom is -0.490 e. The van der Waals surface area contributed by atoms with Gasteiger partial charge in [-0.2, -0.15) is 0 Å². The molecule has 3 unspecified atom stereocenters. The second kappa shape index (κ2) is 13.3. The number of hydrogen-bond acceptors (Lipinski definition) is 7. The van der Waals surface area contributed by atoms with Gasteiger partial charge < -0.3 is 19.5 Å². The van der Waals surface area contributed by atoms with Gasteiger partial charge in [-0.3, -0.25) is 4.79 Å². The number of fused-ring (bicyclic) bond motifs is 4. The number of aryl methyl sites for hydroxylation is 1. The average Bonchev–Trinajstić information content (AvgIpc) is 3.15. The number of amides is 1. The first-order chi connectivity index (χ1) is 21.6. The summed E-state index contributed by atoms with van der Waals surface area (Å²) in [4.78, 5) is 15.8. The van der Waals surface area contributed by atoms with E-state index in [1.165, 1.54) is 11.1 Å². The predicted molar refractivity (Wildman–Crippen MR) is 177 cm³/mol. The van der Waals surface area contributed by atoms with E-state index in [9.17, 15) is 18.3 Å². The van der Waals surface area contributed by atoms with Crippen molar-refractivity contribution in [3.8, 4) is 5.75 Å². The molecule has 4 aliphatic rings. The Morgan fingerprint density at radius 2 is 2.02 bits per heavy atom. The van der Waals surface area contributed by atoms with E-state index in [2.05, 4.69) is 27.8 Å². The molecule has 2 aromatic carbocycles. The SMILES string of the molecule is CC1C/C=C/C(OCCCO)[C@@H]2CC[C@H]2CN2C[C@@]3(CCCc4cc(Cl)ccc43)COc3ccc(cc32)C(=O)NS(=O)(=O)C1C. The van der Waals surface area contributed by atoms with E-state index < -0.39 is 21.2 Å². The molecule has 2 heterocycles. The van der Waals surface area contributed by atoms with Crippen molar-refractivity contribution in [1.29, 1.82) is 0 Å². The van der Waals surface area contributed by atoms with Crippen LogP contribution in [0.2, 0.25) is 5.02 Å². The minimum atomic E-state index is -3.92. The molecule has 244 valence electrons. The van der Waals surface area contributed by atoms with Crippen LogP contribution < -0.4 is 14.4 Å². The van der Waals surface area contributed by atoms with Crippen LogP contribution in [0.1, 0.15) is 73.9 Å². The number of allylic oxidation sites excluding steroid dienone is 1. The Kier molecular flexibility index (Phi) is 9.53. The zero-order chi connectivity index (χ0) is 31.8. The Morgan fingerprint density at radius 1 is 1.18 bits per heavy atom. The van der Waals surface area contributed by atoms with Gasteiger partial charge in [-0.15, -0.1) is 0 Å². The quantitative estimate of drug-likeness (QED) is 0.324. The molecular weight excluding hydrogens is 612 g/mol. The van der Waals surface area contributed by atoms with Crippen LogP contribution in [0.25, 0.3) is 0 Å². The van der Waals surface area contributed by atoms with Gasteiger partial charge in [0.25, 0.3) is 5.91 Å². The van der Waals surface area contributed by atoms with Crippen LogP contribution in [0.5, 0.6) is 5.75 Å². The van der Waals surface area contributed by atoms with Crippen molar-refractivity contribution in [2.24, 2.45) is 17.8 Å². The number of aliphatic hydroxyl groups is 1. The second-order valence-corrected chi connectivity index (χ2v) is 16.0. The monoisotopic (exact) mass is 656 g/mol. The topological polar surface area (TPSA) is 105 Å². The van der Waals surface area contributed by atoms with Crippen LogP contribution in [0, 0.1) is 17.8 Å². The van der Waals surface area contributed by atoms with Gasteiger partial charge in [-0.25, -0.2) is 13.1 Å². The Balaban J connectivity index is 1.41. The third kappa shape index (κ3) is 6.64. The van der Waals surface area contributed by atoms with Crippen molar-refractivity contribution in [2.75, 3.05) is 37.8 Å². The lowest BCUT2D eigenvalue weighted by Gasteiger charge is -2.46. The number of rotatable bonds is 4. The highest BCUT2D eigenvalue weighted by Gasteiger charge is 2.44. The number of aliphatic hydroxyl groups excluding tert-OH is 1. The molecule has 8 nitrogen and oxygen atoms in total. The molecule has 1 spiro atoms. The number of hydrogen-bond donors (Lipinski definition) is 2. The smallest absolute Gasteiger partial charge is 0.264 e. The van der Waals surface area contributed by atoms with Gasteiger partial charge in [0.2, 0.25) is 10.0 Å². The predicted octanol–water partition coefficient (Wildman–Crippen LogP) is 5.65. The molecule has 2 aliphatic carbocycles. The van der Waals surface area contributed by atoms with Gasteiger partial charge in [0.1, 0.15) is 5.75 Å². The van der Waals surface area contributed by atoms with Crippen molar-refractivity contribution in [3.63, 3.8) is 0 Å². The highest BCUT2D eigenvalue weighted by Crippen LogP contribution is 2.47. The molecule has 0 radical (unpaired) electrons. The Bertz CT molecular complexity index is 1550. The minimum absolute atomic E-state index is 0.0737. The highest BCUT2D eigenvalue weighted by molar-refractivity contribution is 7.90. The summed E-state index contributed by atoms with van der Waals surface area (Å²) in [5, 5.41) is 9.37. The first-order valence-corrected chi connectivity index (χ1v) is 18.3. The third-order valence-corrected chi connectivity index (χ3v) is 12.8. The molecular formula is C35H45ClN2O6S. The van der Waals surface area contributed by atoms with Crippen LogP contribution >= 0.6 is 11.6 Å². The lowest BCUT2D eigenvalue weighted by atomic mass is 9.68. The largest absolute Gasteiger partial charge is 0.490 e. The molecule has 10 heteroatoms. The maximum Gasteiger partial charge on any atom is 0.264 e. The van der Waals surface area contributed by atoms with Crippen LogP contribution in [-0.2, 0) is 26.6 Å². The molecule has 0 aromatic heterocycles. The van der Waals surface area contributed by atoms with Gasteiger partial charge in [-0.1, -0.05) is 36.7 Å². The molecule has 6 atom stereocenters. The Morgan fingerprint density at radius 3 is 2.80 bits per heavy atom. The number of carbonyl (C=O) groups excluding carboxylic acids is 1. The zero-order valence-electron chi connectivity index (χ0n) is 26.2. The molecule has 0 saturated heterocycles. The summed E-state index contributed by atoms with van der Waals surface area (Å²) >= 11 is 6.42. The number of ether oxygens (including phenoxy) is 2. The average molecular weight is 657 g/mol. The van der Waals surface area contributed by atoms with E-state index in [1.54, 1.807) is 19.1 Å². The fraction of sp³-hybridized carbons (Fsp3) is 0.571. The molecule has 1 fully saturated rings. The molecule has 2 bridgehead atoms. The fourth-order valence-electron chi connectivity index (χ4n) is 7.60. The lowest BCUT2D eigenvalue weighted by Crippen LogP contribution is -2.49. The second-order valence-electron chi connectivity index (χ2n) is 13.5. The fourth-order valence-corrected chi connectivity index (χ4v) is 9.08. The van der Waals surface area contributed by atoms with Crippen LogP contribution in [0.3, 0.4) is 0 Å². The maximum absolute atomic E-state index is 13.4. The number of benzene rings is 2. The summed E-state index contributed by atoms with van der Waals surface area (Å²) in [6.45, 7) is 6.05. The summed E-state index contributed by atoms with van der Waals surface area (Å²) in [5.41, 5.74) is 3.37. The summed E-state index contributed by atoms with van der Waals surface area (Å²) in [6, 6.07) is 11.5. The summed E-state index contributed by atoms with van der Waals surface area (Å²) in [7, 11) is -3.92. The number of halogens is 1. The van der Waals surface area contributed by atoms with Crippen LogP contribution in [0.4, 0.5) is 5.69 Å². The van der Waals surface area contributed by atoms with Crippen molar-refractivity contribution >= 4 is 33.2 Å². The van der Waals surface area contributed by atoms with Gasteiger partial charge in [0, 0.05) is 42.3 Å². The van der Waals surface area contributed by atoms with Crippen molar-refractivity contribution in [3.05, 3.63) is 70.3 Å². The third-order valence-electron chi connectivity index (χ3n) is 10.6. The molecule has 6 rings (SSSR count). The molecule has 2 aromatic rings. The normalized spacial score (nSPS) is 31.9. The first kappa shape index (κ1) is 32.4. The number of sulfonamides is 1. The summed E-state index contributed by atoms with van der Waals surface area (Å²) in [6.07, 6.45) is 10.2. The Labute approximate surface area is 272 Å². The molecule has 1 saturated carbocycles. The first-order valence-electron chi connectivity index (χ1n) is 16.4. The Hall–Kier alpha value is -2.59. The summed E-state index contributed by atoms with van der Waals surface area (Å²) < 4.78 is 41.9. The lowest BCUT2D eigenvalue weighted by molar-refractivity contribution is -0.0180. The van der Waals surface area contributed by atoms with Gasteiger partial charge in [0.05, 0.1) is 23.6 Å². The van der Waals surface area contributed by atoms with Crippen molar-refractivity contribution < 1.29 is 27.8 Å². The zero-order valence-corrected chi connectivity index (χ0v) is 27.8. The number of carbonyl (C=O) groups is 1. The molecule has 1 amide bonds. The maximum atomic E-state index is 13.4. The van der Waals surface area contributed by atoms with Gasteiger partial charge >= 0.3 is 0 Å². The van der Waals surface area contributed by atoms with E-state index >= 15 is 0 Å². The molecule has 2 N–H and O–H groups in total. The van der Waals surface area contributed by atoms with E-state index in [0.717, 1.165) is 49.4 Å². The standard InChI is InChI=1S/C35H45ClN2O6S/c1-23-6-3-8-32(43-17-5-16-39)29-12-9-27(29)20-38-21-35(15-4-7-25-18-28(36)11-13-30(25)35)22-44-33-14-10-26(19-31(33)38)34(40)37-45(41,42)24(23)2/h3,8,10-11,13-14,18-19,23-24,27,29,32,39H,4-7,9,12,15-17,20-22H2,1-2H3,(H,37,40)/b8-3+/t23?,24?,27-,29+,32?,35-/m0/s1. The van der Waals surface area contributed by atoms with Gasteiger partial charge in [-0.05, 0) is 111 Å². The number of nitrogens with one attached hydrogen (secondary N) is 1. The van der Waals surface area contributed by atoms with E-state index in [1.807, 2.05) is 25.1 Å². The van der Waals surface area contributed by atoms with Gasteiger partial charge in [0.15, 0.2) is 0 Å². The number of anilines is 1. The van der Waals surface area contributed by atoms with Crippen molar-refractivity contribution in [1.82, 2.24) is 4.72 Å². The van der Waals surface area contributed by atoms with E-state index in [-0.39, 0.29) is 30.0 Å². The van der Waals surface area contributed by atoms with Crippen molar-refractivity contribution in [2.45, 2.75) is 75.6 Å². The van der Waals surface area contributed by atoms with Crippen LogP contribution in [0.15, 0.2) is 48.6 Å². The number of nitrogens with zero attached hydrogens (tertiary/aromatic N) is 1. The van der Waals surface area contributed by atoms with E-state index in [0.29, 0.717) is 49.8 Å². The molecule has 2 aliphatic heterocycles. The van der Waals surface area contributed by atoms with E-state index in [4.69, 9.17) is 21.1 Å².